The van der Waals surface area contributed by atoms with Crippen LogP contribution in [0.2, 0.25) is 4.47 Å². The first-order valence-corrected chi connectivity index (χ1v) is 9.26. The number of nitrogens with zero attached hydrogens (tertiary/aromatic N) is 1. The molecule has 0 amide bonds. The molecule has 2 nitrogen and oxygen atoms in total. The first-order chi connectivity index (χ1) is 9.86. The number of ether oxygens (including phenoxy) is 1. The Morgan fingerprint density at radius 1 is 1.29 bits per heavy atom. The van der Waals surface area contributed by atoms with Crippen LogP contribution in [0.3, 0.4) is 0 Å². The third-order valence-corrected chi connectivity index (χ3v) is 4.91. The van der Waals surface area contributed by atoms with E-state index in [4.69, 9.17) is 16.3 Å². The fourth-order valence-corrected chi connectivity index (χ4v) is 3.90. The fraction of sp³-hybridized carbons (Fsp3) is 0.438. The minimum Gasteiger partial charge on any atom is -0.490 e. The largest absolute Gasteiger partial charge is 0.490 e. The van der Waals surface area contributed by atoms with Gasteiger partial charge >= 0.3 is 0 Å². The van der Waals surface area contributed by atoms with Crippen LogP contribution in [0.5, 0.6) is 5.75 Å². The molecule has 1 aromatic heterocycles. The van der Waals surface area contributed by atoms with Gasteiger partial charge in [-0.3, -0.25) is 0 Å². The summed E-state index contributed by atoms with van der Waals surface area (Å²) < 4.78 is 7.58. The van der Waals surface area contributed by atoms with Crippen molar-refractivity contribution < 1.29 is 4.74 Å². The minimum absolute atomic E-state index is 0.155. The number of hydrogen-bond acceptors (Lipinski definition) is 3. The van der Waals surface area contributed by atoms with Gasteiger partial charge in [0.25, 0.3) is 0 Å². The summed E-state index contributed by atoms with van der Waals surface area (Å²) in [5.74, 6) is 1.48. The maximum Gasteiger partial charge on any atom is 0.184 e. The van der Waals surface area contributed by atoms with Gasteiger partial charge in [0.05, 0.1) is 15.4 Å². The van der Waals surface area contributed by atoms with E-state index in [0.717, 1.165) is 27.0 Å². The van der Waals surface area contributed by atoms with Crippen molar-refractivity contribution in [2.75, 3.05) is 0 Å². The van der Waals surface area contributed by atoms with Crippen molar-refractivity contribution in [1.82, 2.24) is 4.98 Å². The van der Waals surface area contributed by atoms with Crippen LogP contribution in [-0.2, 0) is 6.42 Å². The first kappa shape index (κ1) is 17.0. The molecule has 0 atom stereocenters. The summed E-state index contributed by atoms with van der Waals surface area (Å²) in [4.78, 5) is 5.75. The van der Waals surface area contributed by atoms with Gasteiger partial charge in [-0.1, -0.05) is 31.5 Å². The average Bonchev–Trinajstić information content (AvgIpc) is 2.71. The van der Waals surface area contributed by atoms with Crippen LogP contribution in [0, 0.1) is 9.49 Å². The highest BCUT2D eigenvalue weighted by Crippen LogP contribution is 2.35. The van der Waals surface area contributed by atoms with E-state index in [1.807, 2.05) is 13.8 Å². The van der Waals surface area contributed by atoms with E-state index in [1.54, 1.807) is 11.3 Å². The average molecular weight is 436 g/mol. The lowest BCUT2D eigenvalue weighted by Gasteiger charge is -2.13. The molecule has 2 rings (SSSR count). The fourth-order valence-electron chi connectivity index (χ4n) is 2.05. The molecule has 0 aliphatic rings. The van der Waals surface area contributed by atoms with Crippen LogP contribution in [0.25, 0.3) is 11.3 Å². The summed E-state index contributed by atoms with van der Waals surface area (Å²) in [6.07, 6.45) is 1.15. The van der Waals surface area contributed by atoms with Gasteiger partial charge in [-0.2, -0.15) is 0 Å². The molecule has 2 aromatic rings. The van der Waals surface area contributed by atoms with Gasteiger partial charge in [0.1, 0.15) is 5.75 Å². The Morgan fingerprint density at radius 3 is 2.62 bits per heavy atom. The molecule has 0 fully saturated rings. The second kappa shape index (κ2) is 7.29. The number of thiazole rings is 1. The zero-order valence-corrected chi connectivity index (χ0v) is 16.3. The molecule has 0 unspecified atom stereocenters. The van der Waals surface area contributed by atoms with Gasteiger partial charge in [0, 0.05) is 10.4 Å². The van der Waals surface area contributed by atoms with Gasteiger partial charge in [0.2, 0.25) is 0 Å². The second-order valence-corrected chi connectivity index (χ2v) is 8.48. The highest BCUT2D eigenvalue weighted by atomic mass is 127. The molecule has 0 saturated heterocycles. The van der Waals surface area contributed by atoms with Crippen molar-refractivity contribution in [2.24, 2.45) is 5.92 Å². The van der Waals surface area contributed by atoms with Crippen molar-refractivity contribution in [3.63, 3.8) is 0 Å². The standard InChI is InChI=1S/C16H19ClINOS/c1-9(2)7-14-15(19-16(17)21-14)11-5-6-12(18)13(8-11)20-10(3)4/h5-6,8-10H,7H2,1-4H3. The number of rotatable bonds is 5. The Balaban J connectivity index is 2.42. The first-order valence-electron chi connectivity index (χ1n) is 6.98. The van der Waals surface area contributed by atoms with Crippen molar-refractivity contribution in [3.8, 4) is 17.0 Å². The molecule has 0 aliphatic carbocycles. The monoisotopic (exact) mass is 435 g/mol. The normalized spacial score (nSPS) is 11.4. The molecule has 0 bridgehead atoms. The zero-order chi connectivity index (χ0) is 15.6. The number of halogens is 2. The van der Waals surface area contributed by atoms with Gasteiger partial charge in [0.15, 0.2) is 4.47 Å². The van der Waals surface area contributed by atoms with E-state index in [-0.39, 0.29) is 6.10 Å². The smallest absolute Gasteiger partial charge is 0.184 e. The maximum absolute atomic E-state index is 6.13. The number of benzene rings is 1. The summed E-state index contributed by atoms with van der Waals surface area (Å²) in [5, 5.41) is 0. The topological polar surface area (TPSA) is 22.1 Å². The van der Waals surface area contributed by atoms with Gasteiger partial charge in [-0.05, 0) is 60.9 Å². The molecule has 0 saturated carbocycles. The molecule has 21 heavy (non-hydrogen) atoms. The SMILES string of the molecule is CC(C)Cc1sc(Cl)nc1-c1ccc(I)c(OC(C)C)c1. The van der Waals surface area contributed by atoms with Gasteiger partial charge < -0.3 is 4.74 Å². The quantitative estimate of drug-likeness (QED) is 0.533. The van der Waals surface area contributed by atoms with E-state index in [2.05, 4.69) is 59.6 Å². The van der Waals surface area contributed by atoms with Crippen molar-refractivity contribution in [3.05, 3.63) is 31.1 Å². The van der Waals surface area contributed by atoms with Crippen LogP contribution >= 0.6 is 45.5 Å². The highest BCUT2D eigenvalue weighted by Gasteiger charge is 2.15. The molecule has 0 aliphatic heterocycles. The Bertz CT molecular complexity index is 625. The molecule has 1 aromatic carbocycles. The third-order valence-electron chi connectivity index (χ3n) is 2.83. The summed E-state index contributed by atoms with van der Waals surface area (Å²) in [7, 11) is 0. The molecule has 0 spiro atoms. The van der Waals surface area contributed by atoms with Crippen LogP contribution in [0.15, 0.2) is 18.2 Å². The molecule has 5 heteroatoms. The van der Waals surface area contributed by atoms with E-state index in [0.29, 0.717) is 10.4 Å². The summed E-state index contributed by atoms with van der Waals surface area (Å²) >= 11 is 10.00. The number of hydrogen-bond donors (Lipinski definition) is 0. The van der Waals surface area contributed by atoms with Crippen molar-refractivity contribution >= 4 is 45.5 Å². The molecule has 0 N–H and O–H groups in total. The Kier molecular flexibility index (Phi) is 5.91. The summed E-state index contributed by atoms with van der Waals surface area (Å²) in [6, 6.07) is 6.22. The summed E-state index contributed by atoms with van der Waals surface area (Å²) in [6.45, 7) is 8.48. The van der Waals surface area contributed by atoms with E-state index in [9.17, 15) is 0 Å². The predicted octanol–water partition coefficient (Wildman–Crippen LogP) is 6.05. The molecule has 114 valence electrons. The summed E-state index contributed by atoms with van der Waals surface area (Å²) in [5.41, 5.74) is 2.06. The molecular formula is C16H19ClINOS. The lowest BCUT2D eigenvalue weighted by Crippen LogP contribution is -2.06. The van der Waals surface area contributed by atoms with Crippen LogP contribution in [-0.4, -0.2) is 11.1 Å². The zero-order valence-electron chi connectivity index (χ0n) is 12.6. The van der Waals surface area contributed by atoms with Gasteiger partial charge in [-0.15, -0.1) is 11.3 Å². The second-order valence-electron chi connectivity index (χ2n) is 5.65. The van der Waals surface area contributed by atoms with Gasteiger partial charge in [-0.25, -0.2) is 4.98 Å². The van der Waals surface area contributed by atoms with Crippen LogP contribution < -0.4 is 4.74 Å². The molecule has 1 heterocycles. The Morgan fingerprint density at radius 2 is 2.00 bits per heavy atom. The molecule has 0 radical (unpaired) electrons. The lowest BCUT2D eigenvalue weighted by molar-refractivity contribution is 0.241. The molecular weight excluding hydrogens is 417 g/mol. The van der Waals surface area contributed by atoms with Crippen LogP contribution in [0.4, 0.5) is 0 Å². The van der Waals surface area contributed by atoms with E-state index in [1.165, 1.54) is 4.88 Å². The van der Waals surface area contributed by atoms with Crippen molar-refractivity contribution in [1.29, 1.82) is 0 Å². The van der Waals surface area contributed by atoms with Crippen molar-refractivity contribution in [2.45, 2.75) is 40.2 Å². The Labute approximate surface area is 149 Å². The minimum atomic E-state index is 0.155. The van der Waals surface area contributed by atoms with E-state index < -0.39 is 0 Å². The predicted molar refractivity (Wildman–Crippen MR) is 99.6 cm³/mol. The maximum atomic E-state index is 6.13. The number of aromatic nitrogens is 1. The Hall–Kier alpha value is -0.330. The lowest BCUT2D eigenvalue weighted by atomic mass is 10.0. The highest BCUT2D eigenvalue weighted by molar-refractivity contribution is 14.1. The third kappa shape index (κ3) is 4.57. The van der Waals surface area contributed by atoms with Crippen LogP contribution in [0.1, 0.15) is 32.6 Å². The van der Waals surface area contributed by atoms with E-state index >= 15 is 0 Å².